The van der Waals surface area contributed by atoms with Crippen LogP contribution in [-0.4, -0.2) is 16.0 Å². The highest BCUT2D eigenvalue weighted by Gasteiger charge is 2.45. The van der Waals surface area contributed by atoms with Crippen LogP contribution in [0.3, 0.4) is 0 Å². The highest BCUT2D eigenvalue weighted by atomic mass is 16.5. The molecule has 1 aromatic heterocycles. The number of nitrogens with zero attached hydrogens (tertiary/aromatic N) is 2. The number of hydrogen-bond donors (Lipinski definition) is 1. The van der Waals surface area contributed by atoms with Crippen molar-refractivity contribution in [2.45, 2.75) is 51.0 Å². The average Bonchev–Trinajstić information content (AvgIpc) is 3.22. The molecule has 2 fully saturated rings. The van der Waals surface area contributed by atoms with E-state index in [-0.39, 0.29) is 11.8 Å². The normalized spacial score (nSPS) is 32.7. The molecule has 4 rings (SSSR count). The predicted molar refractivity (Wildman–Crippen MR) is 76.2 cm³/mol. The zero-order chi connectivity index (χ0) is 14.4. The summed E-state index contributed by atoms with van der Waals surface area (Å²) in [5.41, 5.74) is -0.402. The number of allylic oxidation sites excluding steroid dienone is 2. The van der Waals surface area contributed by atoms with Crippen LogP contribution in [0.5, 0.6) is 0 Å². The quantitative estimate of drug-likeness (QED) is 0.867. The molecule has 3 aliphatic rings. The Labute approximate surface area is 124 Å². The van der Waals surface area contributed by atoms with Crippen LogP contribution in [-0.2, 0) is 10.3 Å². The van der Waals surface area contributed by atoms with Crippen molar-refractivity contribution in [3.8, 4) is 0 Å². The van der Waals surface area contributed by atoms with Gasteiger partial charge in [0.05, 0.1) is 0 Å². The average molecular weight is 287 g/mol. The topological polar surface area (TPSA) is 68.0 Å². The molecule has 0 radical (unpaired) electrons. The summed E-state index contributed by atoms with van der Waals surface area (Å²) in [6.07, 6.45) is 10.7. The molecule has 1 aromatic rings. The van der Waals surface area contributed by atoms with Crippen molar-refractivity contribution in [3.05, 3.63) is 23.9 Å². The third kappa shape index (κ3) is 2.10. The SMILES string of the molecule is Cc1nc(C2(NC(=O)C3CC4C=CC3C4)CCCC2)no1. The Morgan fingerprint density at radius 2 is 2.14 bits per heavy atom. The summed E-state index contributed by atoms with van der Waals surface area (Å²) in [6, 6.07) is 0. The van der Waals surface area contributed by atoms with Gasteiger partial charge in [-0.05, 0) is 37.5 Å². The number of fused-ring (bicyclic) bond motifs is 2. The summed E-state index contributed by atoms with van der Waals surface area (Å²) in [5.74, 6) is 2.57. The Balaban J connectivity index is 1.55. The standard InChI is InChI=1S/C16H21N3O2/c1-10-17-15(19-21-10)16(6-2-3-7-16)18-14(20)13-9-11-4-5-12(13)8-11/h4-5,11-13H,2-3,6-9H2,1H3,(H,18,20). The van der Waals surface area contributed by atoms with E-state index in [1.54, 1.807) is 6.92 Å². The van der Waals surface area contributed by atoms with E-state index >= 15 is 0 Å². The molecule has 1 heterocycles. The summed E-state index contributed by atoms with van der Waals surface area (Å²) in [5, 5.41) is 7.37. The van der Waals surface area contributed by atoms with Gasteiger partial charge >= 0.3 is 0 Å². The highest BCUT2D eigenvalue weighted by molar-refractivity contribution is 5.81. The number of aromatic nitrogens is 2. The van der Waals surface area contributed by atoms with Crippen LogP contribution in [0.2, 0.25) is 0 Å². The Kier molecular flexibility index (Phi) is 2.91. The second-order valence-electron chi connectivity index (χ2n) is 6.80. The summed E-state index contributed by atoms with van der Waals surface area (Å²) < 4.78 is 5.13. The minimum Gasteiger partial charge on any atom is -0.343 e. The molecular weight excluding hydrogens is 266 g/mol. The van der Waals surface area contributed by atoms with Gasteiger partial charge in [-0.25, -0.2) is 0 Å². The van der Waals surface area contributed by atoms with Crippen molar-refractivity contribution in [2.75, 3.05) is 0 Å². The molecule has 0 aliphatic heterocycles. The number of aryl methyl sites for hydroxylation is 1. The molecule has 5 nitrogen and oxygen atoms in total. The second-order valence-corrected chi connectivity index (χ2v) is 6.80. The maximum atomic E-state index is 12.7. The lowest BCUT2D eigenvalue weighted by molar-refractivity contribution is -0.128. The molecule has 3 atom stereocenters. The number of rotatable bonds is 3. The van der Waals surface area contributed by atoms with E-state index in [1.807, 2.05) is 0 Å². The minimum absolute atomic E-state index is 0.130. The van der Waals surface area contributed by atoms with Gasteiger partial charge in [0, 0.05) is 12.8 Å². The minimum atomic E-state index is -0.402. The van der Waals surface area contributed by atoms with Gasteiger partial charge in [-0.3, -0.25) is 4.79 Å². The molecule has 1 amide bonds. The van der Waals surface area contributed by atoms with Crippen molar-refractivity contribution in [3.63, 3.8) is 0 Å². The van der Waals surface area contributed by atoms with Crippen LogP contribution in [0.25, 0.3) is 0 Å². The Hall–Kier alpha value is -1.65. The van der Waals surface area contributed by atoms with Gasteiger partial charge in [0.25, 0.3) is 0 Å². The molecule has 112 valence electrons. The van der Waals surface area contributed by atoms with E-state index < -0.39 is 5.54 Å². The van der Waals surface area contributed by atoms with Gasteiger partial charge in [0.2, 0.25) is 11.8 Å². The van der Waals surface area contributed by atoms with Gasteiger partial charge in [-0.1, -0.05) is 30.2 Å². The van der Waals surface area contributed by atoms with E-state index in [1.165, 1.54) is 0 Å². The van der Waals surface area contributed by atoms with Crippen LogP contribution in [0.15, 0.2) is 16.7 Å². The van der Waals surface area contributed by atoms with E-state index in [4.69, 9.17) is 4.52 Å². The number of carbonyl (C=O) groups is 1. The summed E-state index contributed by atoms with van der Waals surface area (Å²) in [7, 11) is 0. The first-order valence-electron chi connectivity index (χ1n) is 7.97. The van der Waals surface area contributed by atoms with Gasteiger partial charge in [0.15, 0.2) is 5.82 Å². The van der Waals surface area contributed by atoms with Gasteiger partial charge < -0.3 is 9.84 Å². The maximum absolute atomic E-state index is 12.7. The number of nitrogens with one attached hydrogen (secondary N) is 1. The third-order valence-electron chi connectivity index (χ3n) is 5.39. The zero-order valence-electron chi connectivity index (χ0n) is 12.3. The van der Waals surface area contributed by atoms with Gasteiger partial charge in [-0.15, -0.1) is 0 Å². The number of carbonyl (C=O) groups excluding carboxylic acids is 1. The van der Waals surface area contributed by atoms with Crippen molar-refractivity contribution in [2.24, 2.45) is 17.8 Å². The van der Waals surface area contributed by atoms with Crippen LogP contribution in [0.1, 0.15) is 50.2 Å². The van der Waals surface area contributed by atoms with Crippen LogP contribution >= 0.6 is 0 Å². The summed E-state index contributed by atoms with van der Waals surface area (Å²) in [4.78, 5) is 17.1. The Morgan fingerprint density at radius 3 is 2.71 bits per heavy atom. The van der Waals surface area contributed by atoms with Crippen LogP contribution in [0.4, 0.5) is 0 Å². The monoisotopic (exact) mass is 287 g/mol. The van der Waals surface area contributed by atoms with Gasteiger partial charge in [-0.2, -0.15) is 4.98 Å². The predicted octanol–water partition coefficient (Wildman–Crippen LogP) is 2.48. The zero-order valence-corrected chi connectivity index (χ0v) is 12.3. The number of hydrogen-bond acceptors (Lipinski definition) is 4. The fourth-order valence-electron chi connectivity index (χ4n) is 4.29. The van der Waals surface area contributed by atoms with E-state index in [0.717, 1.165) is 38.5 Å². The first-order chi connectivity index (χ1) is 10.2. The molecule has 2 saturated carbocycles. The van der Waals surface area contributed by atoms with E-state index in [2.05, 4.69) is 27.6 Å². The smallest absolute Gasteiger partial charge is 0.224 e. The van der Waals surface area contributed by atoms with Crippen LogP contribution in [0, 0.1) is 24.7 Å². The maximum Gasteiger partial charge on any atom is 0.224 e. The van der Waals surface area contributed by atoms with E-state index in [0.29, 0.717) is 23.6 Å². The fourth-order valence-corrected chi connectivity index (χ4v) is 4.29. The molecule has 21 heavy (non-hydrogen) atoms. The highest BCUT2D eigenvalue weighted by Crippen LogP contribution is 2.45. The molecule has 2 bridgehead atoms. The largest absolute Gasteiger partial charge is 0.343 e. The Morgan fingerprint density at radius 1 is 1.33 bits per heavy atom. The summed E-state index contributed by atoms with van der Waals surface area (Å²) >= 11 is 0. The third-order valence-corrected chi connectivity index (χ3v) is 5.39. The lowest BCUT2D eigenvalue weighted by atomic mass is 9.90. The van der Waals surface area contributed by atoms with Crippen molar-refractivity contribution >= 4 is 5.91 Å². The lowest BCUT2D eigenvalue weighted by Gasteiger charge is -2.29. The molecule has 5 heteroatoms. The number of amides is 1. The first kappa shape index (κ1) is 13.0. The van der Waals surface area contributed by atoms with Crippen molar-refractivity contribution < 1.29 is 9.32 Å². The molecule has 0 spiro atoms. The van der Waals surface area contributed by atoms with Crippen LogP contribution < -0.4 is 5.32 Å². The first-order valence-corrected chi connectivity index (χ1v) is 7.97. The van der Waals surface area contributed by atoms with Gasteiger partial charge in [0.1, 0.15) is 5.54 Å². The molecule has 0 saturated heterocycles. The molecular formula is C16H21N3O2. The second kappa shape index (κ2) is 4.68. The summed E-state index contributed by atoms with van der Waals surface area (Å²) in [6.45, 7) is 1.79. The lowest BCUT2D eigenvalue weighted by Crippen LogP contribution is -2.47. The molecule has 0 aromatic carbocycles. The van der Waals surface area contributed by atoms with Crippen molar-refractivity contribution in [1.82, 2.24) is 15.5 Å². The fraction of sp³-hybridized carbons (Fsp3) is 0.688. The Bertz CT molecular complexity index is 586. The van der Waals surface area contributed by atoms with Crippen molar-refractivity contribution in [1.29, 1.82) is 0 Å². The molecule has 3 aliphatic carbocycles. The molecule has 1 N–H and O–H groups in total. The van der Waals surface area contributed by atoms with E-state index in [9.17, 15) is 4.79 Å². The molecule has 3 unspecified atom stereocenters.